The van der Waals surface area contributed by atoms with E-state index in [0.29, 0.717) is 16.6 Å². The minimum atomic E-state index is -4.07. The van der Waals surface area contributed by atoms with Crippen LogP contribution in [0.3, 0.4) is 0 Å². The van der Waals surface area contributed by atoms with Crippen molar-refractivity contribution in [2.45, 2.75) is 5.75 Å². The normalized spacial score (nSPS) is 17.3. The fourth-order valence-corrected chi connectivity index (χ4v) is 4.99. The van der Waals surface area contributed by atoms with Gasteiger partial charge in [0, 0.05) is 17.7 Å². The number of sulfonamides is 1. The molecule has 11 heteroatoms. The molecule has 0 bridgehead atoms. The summed E-state index contributed by atoms with van der Waals surface area (Å²) in [4.78, 5) is 22.4. The third kappa shape index (κ3) is 3.61. The highest BCUT2D eigenvalue weighted by molar-refractivity contribution is 7.88. The third-order valence-corrected chi connectivity index (χ3v) is 6.75. The Morgan fingerprint density at radius 3 is 2.74 bits per heavy atom. The van der Waals surface area contributed by atoms with Gasteiger partial charge in [0.25, 0.3) is 0 Å². The monoisotopic (exact) mass is 444 g/mol. The van der Waals surface area contributed by atoms with Crippen LogP contribution in [0.1, 0.15) is 11.1 Å². The number of cyclic esters (lactones) is 1. The Hall–Kier alpha value is -3.47. The summed E-state index contributed by atoms with van der Waals surface area (Å²) in [5, 5.41) is 0. The third-order valence-electron chi connectivity index (χ3n) is 5.07. The van der Waals surface area contributed by atoms with Crippen molar-refractivity contribution in [1.29, 1.82) is 0 Å². The zero-order valence-corrected chi connectivity index (χ0v) is 17.0. The first kappa shape index (κ1) is 19.5. The molecule has 3 aliphatic heterocycles. The summed E-state index contributed by atoms with van der Waals surface area (Å²) in [6.45, 7) is 1.35. The van der Waals surface area contributed by atoms with Crippen LogP contribution in [-0.4, -0.2) is 62.1 Å². The number of benzene rings is 2. The number of ether oxygens (including phenoxy) is 2. The van der Waals surface area contributed by atoms with Gasteiger partial charge in [-0.1, -0.05) is 0 Å². The number of carbonyl (C=O) groups is 1. The standard InChI is InChI=1S/C20H17FN4O5S/c21-17-3-1-14(9-13(17)11-31(27,28)25-7-8-29-20(25)26)30-15-2-4-18-16(10-15)19-22-5-6-24(19)12-23-18/h1-4,9-10,12H,5-8,11H2. The molecule has 2 aromatic carbocycles. The first-order valence-corrected chi connectivity index (χ1v) is 11.1. The molecule has 0 aromatic heterocycles. The van der Waals surface area contributed by atoms with Crippen LogP contribution in [0, 0.1) is 5.82 Å². The van der Waals surface area contributed by atoms with Crippen LogP contribution < -0.4 is 4.74 Å². The molecule has 5 rings (SSSR count). The average molecular weight is 444 g/mol. The van der Waals surface area contributed by atoms with Crippen molar-refractivity contribution in [3.63, 3.8) is 0 Å². The first-order chi connectivity index (χ1) is 14.9. The smallest absolute Gasteiger partial charge is 0.423 e. The summed E-state index contributed by atoms with van der Waals surface area (Å²) in [5.41, 5.74) is 1.49. The summed E-state index contributed by atoms with van der Waals surface area (Å²) < 4.78 is 50.4. The molecule has 1 fully saturated rings. The van der Waals surface area contributed by atoms with Gasteiger partial charge in [-0.15, -0.1) is 0 Å². The molecule has 9 nitrogen and oxygen atoms in total. The molecule has 3 heterocycles. The van der Waals surface area contributed by atoms with Gasteiger partial charge in [0.1, 0.15) is 29.8 Å². The molecule has 0 spiro atoms. The van der Waals surface area contributed by atoms with Crippen molar-refractivity contribution in [3.8, 4) is 11.5 Å². The largest absolute Gasteiger partial charge is 0.457 e. The fraction of sp³-hybridized carbons (Fsp3) is 0.250. The Labute approximate surface area is 177 Å². The topological polar surface area (TPSA) is 101 Å². The van der Waals surface area contributed by atoms with Crippen LogP contribution in [0.4, 0.5) is 14.9 Å². The zero-order chi connectivity index (χ0) is 21.6. The Morgan fingerprint density at radius 1 is 1.13 bits per heavy atom. The second kappa shape index (κ2) is 7.34. The van der Waals surface area contributed by atoms with Crippen molar-refractivity contribution in [3.05, 3.63) is 53.3 Å². The van der Waals surface area contributed by atoms with E-state index >= 15 is 0 Å². The Morgan fingerprint density at radius 2 is 1.94 bits per heavy atom. The van der Waals surface area contributed by atoms with Crippen molar-refractivity contribution >= 4 is 34.0 Å². The van der Waals surface area contributed by atoms with E-state index in [0.717, 1.165) is 29.7 Å². The van der Waals surface area contributed by atoms with Crippen LogP contribution in [-0.2, 0) is 20.5 Å². The number of carbonyl (C=O) groups excluding carboxylic acids is 1. The maximum atomic E-state index is 14.3. The molecular weight excluding hydrogens is 427 g/mol. The minimum Gasteiger partial charge on any atom is -0.457 e. The Bertz CT molecular complexity index is 1240. The van der Waals surface area contributed by atoms with E-state index in [1.807, 2.05) is 4.90 Å². The van der Waals surface area contributed by atoms with Gasteiger partial charge < -0.3 is 14.4 Å². The lowest BCUT2D eigenvalue weighted by molar-refractivity contribution is 0.170. The van der Waals surface area contributed by atoms with Crippen LogP contribution in [0.2, 0.25) is 0 Å². The molecule has 0 saturated carbocycles. The lowest BCUT2D eigenvalue weighted by Crippen LogP contribution is -2.32. The highest BCUT2D eigenvalue weighted by Gasteiger charge is 2.34. The second-order valence-corrected chi connectivity index (χ2v) is 9.01. The van der Waals surface area contributed by atoms with Gasteiger partial charge >= 0.3 is 6.09 Å². The molecule has 0 N–H and O–H groups in total. The number of fused-ring (bicyclic) bond motifs is 3. The number of amidine groups is 1. The van der Waals surface area contributed by atoms with Crippen LogP contribution in [0.25, 0.3) is 0 Å². The maximum absolute atomic E-state index is 14.3. The average Bonchev–Trinajstić information content (AvgIpc) is 3.39. The molecule has 1 saturated heterocycles. The number of halogens is 1. The Kier molecular flexibility index (Phi) is 4.62. The van der Waals surface area contributed by atoms with Gasteiger partial charge in [-0.05, 0) is 36.4 Å². The lowest BCUT2D eigenvalue weighted by atomic mass is 10.1. The molecule has 0 unspecified atom stereocenters. The van der Waals surface area contributed by atoms with E-state index in [-0.39, 0.29) is 24.5 Å². The van der Waals surface area contributed by atoms with Crippen molar-refractivity contribution in [2.75, 3.05) is 26.2 Å². The minimum absolute atomic E-state index is 0.0191. The van der Waals surface area contributed by atoms with Gasteiger partial charge in [0.15, 0.2) is 0 Å². The summed E-state index contributed by atoms with van der Waals surface area (Å²) in [7, 11) is -4.07. The number of amides is 1. The van der Waals surface area contributed by atoms with Gasteiger partial charge in [-0.2, -0.15) is 0 Å². The van der Waals surface area contributed by atoms with Gasteiger partial charge in [0.05, 0.1) is 30.9 Å². The number of nitrogens with zero attached hydrogens (tertiary/aromatic N) is 4. The molecular formula is C20H17FN4O5S. The summed E-state index contributed by atoms with van der Waals surface area (Å²) in [5.74, 6) is 0.169. The summed E-state index contributed by atoms with van der Waals surface area (Å²) in [6, 6.07) is 9.17. The van der Waals surface area contributed by atoms with Gasteiger partial charge in [0.2, 0.25) is 10.0 Å². The van der Waals surface area contributed by atoms with Gasteiger partial charge in [-0.25, -0.2) is 26.9 Å². The van der Waals surface area contributed by atoms with E-state index in [1.54, 1.807) is 24.5 Å². The first-order valence-electron chi connectivity index (χ1n) is 9.54. The van der Waals surface area contributed by atoms with Crippen molar-refractivity contribution in [2.24, 2.45) is 9.98 Å². The number of rotatable bonds is 5. The molecule has 1 amide bonds. The van der Waals surface area contributed by atoms with Crippen LogP contribution in [0.15, 0.2) is 46.4 Å². The van der Waals surface area contributed by atoms with E-state index < -0.39 is 27.7 Å². The quantitative estimate of drug-likeness (QED) is 0.703. The highest BCUT2D eigenvalue weighted by Crippen LogP contribution is 2.33. The maximum Gasteiger partial charge on any atom is 0.423 e. The molecule has 0 radical (unpaired) electrons. The van der Waals surface area contributed by atoms with Crippen LogP contribution in [0.5, 0.6) is 11.5 Å². The SMILES string of the molecule is O=C1OCCN1S(=O)(=O)Cc1cc(Oc2ccc3c(c2)C2=NCCN2C=N3)ccc1F. The number of aliphatic imine (C=N–C) groups is 2. The van der Waals surface area contributed by atoms with Crippen LogP contribution >= 0.6 is 0 Å². The predicted octanol–water partition coefficient (Wildman–Crippen LogP) is 2.64. The highest BCUT2D eigenvalue weighted by atomic mass is 32.2. The second-order valence-electron chi connectivity index (χ2n) is 7.12. The van der Waals surface area contributed by atoms with Crippen molar-refractivity contribution < 1.29 is 27.1 Å². The van der Waals surface area contributed by atoms with E-state index in [9.17, 15) is 17.6 Å². The summed E-state index contributed by atoms with van der Waals surface area (Å²) in [6.07, 6.45) is 0.797. The van der Waals surface area contributed by atoms with E-state index in [2.05, 4.69) is 14.7 Å². The molecule has 0 aliphatic carbocycles. The molecule has 31 heavy (non-hydrogen) atoms. The van der Waals surface area contributed by atoms with E-state index in [4.69, 9.17) is 4.74 Å². The predicted molar refractivity (Wildman–Crippen MR) is 110 cm³/mol. The molecule has 160 valence electrons. The molecule has 2 aromatic rings. The van der Waals surface area contributed by atoms with Gasteiger partial charge in [-0.3, -0.25) is 4.99 Å². The summed E-state index contributed by atoms with van der Waals surface area (Å²) >= 11 is 0. The number of hydrogen-bond acceptors (Lipinski definition) is 8. The van der Waals surface area contributed by atoms with E-state index in [1.165, 1.54) is 12.1 Å². The number of hydrogen-bond donors (Lipinski definition) is 0. The molecule has 0 atom stereocenters. The zero-order valence-electron chi connectivity index (χ0n) is 16.2. The Balaban J connectivity index is 1.40. The fourth-order valence-electron chi connectivity index (χ4n) is 3.58. The molecule has 3 aliphatic rings. The lowest BCUT2D eigenvalue weighted by Gasteiger charge is -2.21. The van der Waals surface area contributed by atoms with Crippen molar-refractivity contribution in [1.82, 2.24) is 9.21 Å².